The van der Waals surface area contributed by atoms with Gasteiger partial charge in [0.05, 0.1) is 0 Å². The summed E-state index contributed by atoms with van der Waals surface area (Å²) in [5, 5.41) is 3.46. The van der Waals surface area contributed by atoms with E-state index in [1.54, 1.807) is 0 Å². The average molecular weight is 281 g/mol. The lowest BCUT2D eigenvalue weighted by Gasteiger charge is -2.37. The lowest BCUT2D eigenvalue weighted by Crippen LogP contribution is -2.36. The van der Waals surface area contributed by atoms with Crippen molar-refractivity contribution in [3.63, 3.8) is 0 Å². The van der Waals surface area contributed by atoms with E-state index in [1.165, 1.54) is 12.8 Å². The quantitative estimate of drug-likeness (QED) is 0.652. The minimum absolute atomic E-state index is 0.224. The van der Waals surface area contributed by atoms with E-state index in [-0.39, 0.29) is 6.61 Å². The molecule has 0 saturated heterocycles. The smallest absolute Gasteiger partial charge is 0.372 e. The summed E-state index contributed by atoms with van der Waals surface area (Å²) in [4.78, 5) is 0. The van der Waals surface area contributed by atoms with Crippen LogP contribution in [-0.4, -0.2) is 32.5 Å². The Balaban J connectivity index is 1.98. The van der Waals surface area contributed by atoms with Crippen LogP contribution in [0.25, 0.3) is 0 Å². The average Bonchev–Trinajstić information content (AvgIpc) is 2.25. The SMILES string of the molecule is CC(C)CNCC1CCC1CCCOCC(F)(F)F. The standard InChI is InChI=1S/C14H26F3NO/c1-11(2)8-18-9-13-6-5-12(13)4-3-7-19-10-14(15,16)17/h11-13,18H,3-10H2,1-2H3. The van der Waals surface area contributed by atoms with Gasteiger partial charge in [-0.25, -0.2) is 0 Å². The van der Waals surface area contributed by atoms with Crippen molar-refractivity contribution in [2.45, 2.75) is 45.7 Å². The molecule has 2 atom stereocenters. The molecule has 114 valence electrons. The maximum atomic E-state index is 11.9. The Morgan fingerprint density at radius 3 is 2.42 bits per heavy atom. The molecule has 1 saturated carbocycles. The van der Waals surface area contributed by atoms with E-state index in [0.29, 0.717) is 17.8 Å². The Morgan fingerprint density at radius 1 is 1.21 bits per heavy atom. The van der Waals surface area contributed by atoms with E-state index in [9.17, 15) is 13.2 Å². The van der Waals surface area contributed by atoms with Gasteiger partial charge >= 0.3 is 6.18 Å². The first-order chi connectivity index (χ1) is 8.88. The highest BCUT2D eigenvalue weighted by molar-refractivity contribution is 4.82. The summed E-state index contributed by atoms with van der Waals surface area (Å²) in [6.45, 7) is 5.57. The predicted octanol–water partition coefficient (Wildman–Crippen LogP) is 3.62. The molecule has 1 aliphatic rings. The van der Waals surface area contributed by atoms with E-state index < -0.39 is 12.8 Å². The van der Waals surface area contributed by atoms with Gasteiger partial charge in [0, 0.05) is 6.61 Å². The molecule has 2 nitrogen and oxygen atoms in total. The van der Waals surface area contributed by atoms with Gasteiger partial charge in [-0.1, -0.05) is 13.8 Å². The molecular formula is C14H26F3NO. The van der Waals surface area contributed by atoms with Crippen LogP contribution in [0.5, 0.6) is 0 Å². The Bertz CT molecular complexity index is 243. The van der Waals surface area contributed by atoms with Crippen LogP contribution in [0.15, 0.2) is 0 Å². The maximum Gasteiger partial charge on any atom is 0.411 e. The van der Waals surface area contributed by atoms with Gasteiger partial charge < -0.3 is 10.1 Å². The zero-order chi connectivity index (χ0) is 14.3. The van der Waals surface area contributed by atoms with Crippen molar-refractivity contribution in [3.05, 3.63) is 0 Å². The molecule has 0 radical (unpaired) electrons. The fourth-order valence-corrected chi connectivity index (χ4v) is 2.48. The van der Waals surface area contributed by atoms with Crippen LogP contribution in [0.1, 0.15) is 39.5 Å². The van der Waals surface area contributed by atoms with Crippen LogP contribution >= 0.6 is 0 Å². The summed E-state index contributed by atoms with van der Waals surface area (Å²) >= 11 is 0. The molecule has 0 bridgehead atoms. The number of rotatable bonds is 9. The number of nitrogens with one attached hydrogen (secondary N) is 1. The van der Waals surface area contributed by atoms with Crippen LogP contribution in [0.2, 0.25) is 0 Å². The molecule has 2 unspecified atom stereocenters. The van der Waals surface area contributed by atoms with Crippen molar-refractivity contribution < 1.29 is 17.9 Å². The van der Waals surface area contributed by atoms with Gasteiger partial charge in [-0.3, -0.25) is 0 Å². The monoisotopic (exact) mass is 281 g/mol. The Labute approximate surface area is 114 Å². The lowest BCUT2D eigenvalue weighted by molar-refractivity contribution is -0.174. The molecular weight excluding hydrogens is 255 g/mol. The lowest BCUT2D eigenvalue weighted by atomic mass is 9.71. The zero-order valence-corrected chi connectivity index (χ0v) is 11.9. The highest BCUT2D eigenvalue weighted by Gasteiger charge is 2.30. The van der Waals surface area contributed by atoms with Gasteiger partial charge in [-0.15, -0.1) is 0 Å². The van der Waals surface area contributed by atoms with Crippen molar-refractivity contribution in [1.82, 2.24) is 5.32 Å². The second-order valence-corrected chi connectivity index (χ2v) is 5.96. The van der Waals surface area contributed by atoms with Gasteiger partial charge in [-0.2, -0.15) is 13.2 Å². The van der Waals surface area contributed by atoms with Crippen molar-refractivity contribution in [2.75, 3.05) is 26.3 Å². The third-order valence-corrected chi connectivity index (χ3v) is 3.66. The Hall–Kier alpha value is -0.290. The molecule has 1 aliphatic carbocycles. The fraction of sp³-hybridized carbons (Fsp3) is 1.00. The molecule has 0 spiro atoms. The molecule has 0 heterocycles. The molecule has 1 N–H and O–H groups in total. The van der Waals surface area contributed by atoms with Gasteiger partial charge in [0.15, 0.2) is 0 Å². The summed E-state index contributed by atoms with van der Waals surface area (Å²) in [6, 6.07) is 0. The number of ether oxygens (including phenoxy) is 1. The van der Waals surface area contributed by atoms with E-state index in [4.69, 9.17) is 0 Å². The molecule has 0 aromatic heterocycles. The first kappa shape index (κ1) is 16.8. The van der Waals surface area contributed by atoms with E-state index in [1.807, 2.05) is 0 Å². The highest BCUT2D eigenvalue weighted by Crippen LogP contribution is 2.37. The molecule has 19 heavy (non-hydrogen) atoms. The van der Waals surface area contributed by atoms with Crippen LogP contribution in [0.4, 0.5) is 13.2 Å². The Kier molecular flexibility index (Phi) is 7.15. The summed E-state index contributed by atoms with van der Waals surface area (Å²) < 4.78 is 40.2. The predicted molar refractivity (Wildman–Crippen MR) is 70.0 cm³/mol. The number of halogens is 3. The fourth-order valence-electron chi connectivity index (χ4n) is 2.48. The van der Waals surface area contributed by atoms with Crippen molar-refractivity contribution in [1.29, 1.82) is 0 Å². The van der Waals surface area contributed by atoms with E-state index in [0.717, 1.165) is 25.9 Å². The molecule has 5 heteroatoms. The van der Waals surface area contributed by atoms with E-state index >= 15 is 0 Å². The van der Waals surface area contributed by atoms with Gasteiger partial charge in [0.1, 0.15) is 6.61 Å². The Morgan fingerprint density at radius 2 is 1.89 bits per heavy atom. The van der Waals surface area contributed by atoms with Crippen molar-refractivity contribution in [2.24, 2.45) is 17.8 Å². The second kappa shape index (κ2) is 8.10. The molecule has 0 aromatic carbocycles. The summed E-state index contributed by atoms with van der Waals surface area (Å²) in [7, 11) is 0. The van der Waals surface area contributed by atoms with E-state index in [2.05, 4.69) is 23.9 Å². The first-order valence-electron chi connectivity index (χ1n) is 7.23. The van der Waals surface area contributed by atoms with Crippen molar-refractivity contribution >= 4 is 0 Å². The first-order valence-corrected chi connectivity index (χ1v) is 7.23. The van der Waals surface area contributed by atoms with Crippen LogP contribution in [0.3, 0.4) is 0 Å². The minimum Gasteiger partial charge on any atom is -0.372 e. The minimum atomic E-state index is -4.19. The normalized spacial score (nSPS) is 23.7. The van der Waals surface area contributed by atoms with Crippen LogP contribution in [0, 0.1) is 17.8 Å². The van der Waals surface area contributed by atoms with Crippen LogP contribution < -0.4 is 5.32 Å². The van der Waals surface area contributed by atoms with Gasteiger partial charge in [0.25, 0.3) is 0 Å². The van der Waals surface area contributed by atoms with Crippen LogP contribution in [-0.2, 0) is 4.74 Å². The molecule has 0 amide bonds. The van der Waals surface area contributed by atoms with Crippen molar-refractivity contribution in [3.8, 4) is 0 Å². The molecule has 1 fully saturated rings. The highest BCUT2D eigenvalue weighted by atomic mass is 19.4. The number of hydrogen-bond donors (Lipinski definition) is 1. The maximum absolute atomic E-state index is 11.9. The summed E-state index contributed by atoms with van der Waals surface area (Å²) in [6.07, 6.45) is -0.000450. The summed E-state index contributed by atoms with van der Waals surface area (Å²) in [5.41, 5.74) is 0. The van der Waals surface area contributed by atoms with Gasteiger partial charge in [-0.05, 0) is 56.5 Å². The number of alkyl halides is 3. The third kappa shape index (κ3) is 7.78. The largest absolute Gasteiger partial charge is 0.411 e. The molecule has 0 aromatic rings. The molecule has 0 aliphatic heterocycles. The molecule has 1 rings (SSSR count). The zero-order valence-electron chi connectivity index (χ0n) is 11.9. The topological polar surface area (TPSA) is 21.3 Å². The summed E-state index contributed by atoms with van der Waals surface area (Å²) in [5.74, 6) is 2.05. The van der Waals surface area contributed by atoms with Gasteiger partial charge in [0.2, 0.25) is 0 Å². The third-order valence-electron chi connectivity index (χ3n) is 3.66. The second-order valence-electron chi connectivity index (χ2n) is 5.96. The number of hydrogen-bond acceptors (Lipinski definition) is 2.